The predicted octanol–water partition coefficient (Wildman–Crippen LogP) is 1.66. The van der Waals surface area contributed by atoms with Crippen LogP contribution in [-0.4, -0.2) is 75.6 Å². The Morgan fingerprint density at radius 1 is 1.05 bits per heavy atom. The number of carbonyl (C=O) groups excluding carboxylic acids is 2. The predicted molar refractivity (Wildman–Crippen MR) is 133 cm³/mol. The van der Waals surface area contributed by atoms with Crippen molar-refractivity contribution < 1.29 is 18.4 Å². The van der Waals surface area contributed by atoms with Gasteiger partial charge in [0.05, 0.1) is 30.5 Å². The summed E-state index contributed by atoms with van der Waals surface area (Å²) in [5.41, 5.74) is 6.24. The molecular formula is C24H29F2N9O2. The molecule has 5 heterocycles. The fraction of sp³-hybridized carbons (Fsp3) is 0.458. The molecule has 0 aliphatic carbocycles. The van der Waals surface area contributed by atoms with Crippen molar-refractivity contribution in [3.8, 4) is 0 Å². The standard InChI is InChI=1S/C24H29F2N9O2/c1-33-6-4-16(5-7-33)30-23(36)14-2-8-34(9-3-14)20-17(26)11-28-12-18(20)31-24(37)19-21(27)32-35-13-15(25)10-29-22(19)35/h10-14,16H,2-9H2,1H3,(H2,27,32)(H,30,36)(H,31,37). The topological polar surface area (TPSA) is 134 Å². The largest absolute Gasteiger partial charge is 0.381 e. The highest BCUT2D eigenvalue weighted by Crippen LogP contribution is 2.33. The number of nitrogen functional groups attached to an aromatic ring is 1. The minimum Gasteiger partial charge on any atom is -0.381 e. The first-order valence-electron chi connectivity index (χ1n) is 12.3. The maximum absolute atomic E-state index is 15.0. The first-order valence-corrected chi connectivity index (χ1v) is 12.3. The Balaban J connectivity index is 1.27. The Morgan fingerprint density at radius 2 is 1.78 bits per heavy atom. The number of halogens is 2. The number of fused-ring (bicyclic) bond motifs is 1. The second kappa shape index (κ2) is 10.2. The molecule has 0 radical (unpaired) electrons. The minimum absolute atomic E-state index is 0.0467. The van der Waals surface area contributed by atoms with Gasteiger partial charge >= 0.3 is 0 Å². The van der Waals surface area contributed by atoms with E-state index in [4.69, 9.17) is 5.73 Å². The van der Waals surface area contributed by atoms with Gasteiger partial charge in [-0.2, -0.15) is 0 Å². The number of anilines is 3. The molecule has 2 fully saturated rings. The number of nitrogens with one attached hydrogen (secondary N) is 2. The van der Waals surface area contributed by atoms with Crippen LogP contribution in [0.2, 0.25) is 0 Å². The van der Waals surface area contributed by atoms with Crippen molar-refractivity contribution in [3.05, 3.63) is 42.0 Å². The van der Waals surface area contributed by atoms with Crippen molar-refractivity contribution in [2.24, 2.45) is 5.92 Å². The zero-order valence-corrected chi connectivity index (χ0v) is 20.5. The number of amides is 2. The molecule has 11 nitrogen and oxygen atoms in total. The third-order valence-corrected chi connectivity index (χ3v) is 7.06. The highest BCUT2D eigenvalue weighted by Gasteiger charge is 2.30. The van der Waals surface area contributed by atoms with Gasteiger partial charge < -0.3 is 26.2 Å². The van der Waals surface area contributed by atoms with Crippen molar-refractivity contribution in [2.75, 3.05) is 49.2 Å². The Labute approximate surface area is 212 Å². The van der Waals surface area contributed by atoms with E-state index in [0.717, 1.165) is 49.0 Å². The number of pyridine rings is 1. The zero-order valence-electron chi connectivity index (χ0n) is 20.5. The van der Waals surface area contributed by atoms with Crippen LogP contribution in [0.4, 0.5) is 26.0 Å². The van der Waals surface area contributed by atoms with E-state index < -0.39 is 17.5 Å². The first-order chi connectivity index (χ1) is 17.8. The van der Waals surface area contributed by atoms with Gasteiger partial charge in [0.2, 0.25) is 5.91 Å². The number of aromatic nitrogens is 4. The molecule has 37 heavy (non-hydrogen) atoms. The lowest BCUT2D eigenvalue weighted by Crippen LogP contribution is -2.47. The number of piperidine rings is 2. The summed E-state index contributed by atoms with van der Waals surface area (Å²) in [7, 11) is 2.08. The van der Waals surface area contributed by atoms with E-state index in [1.165, 1.54) is 6.20 Å². The van der Waals surface area contributed by atoms with Crippen molar-refractivity contribution >= 4 is 34.7 Å². The third-order valence-electron chi connectivity index (χ3n) is 7.06. The molecule has 196 valence electrons. The molecule has 0 saturated carbocycles. The summed E-state index contributed by atoms with van der Waals surface area (Å²) in [5.74, 6) is -2.15. The van der Waals surface area contributed by atoms with Crippen LogP contribution >= 0.6 is 0 Å². The summed E-state index contributed by atoms with van der Waals surface area (Å²) in [6, 6.07) is 0.194. The zero-order chi connectivity index (χ0) is 26.1. The van der Waals surface area contributed by atoms with Crippen LogP contribution in [0.1, 0.15) is 36.0 Å². The molecule has 0 bridgehead atoms. The summed E-state index contributed by atoms with van der Waals surface area (Å²) in [6.07, 6.45) is 7.44. The van der Waals surface area contributed by atoms with Crippen molar-refractivity contribution in [1.29, 1.82) is 0 Å². The van der Waals surface area contributed by atoms with Gasteiger partial charge in [-0.3, -0.25) is 14.6 Å². The molecule has 5 rings (SSSR count). The van der Waals surface area contributed by atoms with Gasteiger partial charge in [0.25, 0.3) is 5.91 Å². The molecule has 2 aliphatic rings. The molecule has 0 aromatic carbocycles. The average Bonchev–Trinajstić information content (AvgIpc) is 3.20. The fourth-order valence-corrected chi connectivity index (χ4v) is 5.01. The van der Waals surface area contributed by atoms with Crippen LogP contribution in [0.15, 0.2) is 24.8 Å². The maximum Gasteiger partial charge on any atom is 0.263 e. The molecule has 0 spiro atoms. The van der Waals surface area contributed by atoms with Crippen LogP contribution < -0.4 is 21.3 Å². The lowest BCUT2D eigenvalue weighted by Gasteiger charge is -2.35. The quantitative estimate of drug-likeness (QED) is 0.469. The van der Waals surface area contributed by atoms with Crippen LogP contribution in [0, 0.1) is 17.6 Å². The van der Waals surface area contributed by atoms with Crippen LogP contribution in [0.3, 0.4) is 0 Å². The lowest BCUT2D eigenvalue weighted by molar-refractivity contribution is -0.126. The van der Waals surface area contributed by atoms with Gasteiger partial charge in [0, 0.05) is 25.0 Å². The molecule has 0 unspecified atom stereocenters. The summed E-state index contributed by atoms with van der Waals surface area (Å²) in [4.78, 5) is 37.8. The first kappa shape index (κ1) is 24.8. The number of hydrogen-bond donors (Lipinski definition) is 3. The maximum atomic E-state index is 15.0. The number of nitrogens with zero attached hydrogens (tertiary/aromatic N) is 6. The van der Waals surface area contributed by atoms with Crippen molar-refractivity contribution in [3.63, 3.8) is 0 Å². The van der Waals surface area contributed by atoms with E-state index in [9.17, 15) is 18.4 Å². The molecule has 2 aliphatic heterocycles. The van der Waals surface area contributed by atoms with Crippen LogP contribution in [-0.2, 0) is 4.79 Å². The lowest BCUT2D eigenvalue weighted by atomic mass is 9.94. The highest BCUT2D eigenvalue weighted by atomic mass is 19.1. The van der Waals surface area contributed by atoms with E-state index in [-0.39, 0.29) is 46.3 Å². The molecule has 2 amide bonds. The second-order valence-corrected chi connectivity index (χ2v) is 9.62. The minimum atomic E-state index is -0.673. The summed E-state index contributed by atoms with van der Waals surface area (Å²) < 4.78 is 29.5. The smallest absolute Gasteiger partial charge is 0.263 e. The Bertz CT molecular complexity index is 1320. The second-order valence-electron chi connectivity index (χ2n) is 9.62. The van der Waals surface area contributed by atoms with Crippen LogP contribution in [0.5, 0.6) is 0 Å². The third kappa shape index (κ3) is 5.17. The van der Waals surface area contributed by atoms with Crippen molar-refractivity contribution in [2.45, 2.75) is 31.7 Å². The number of hydrogen-bond acceptors (Lipinski definition) is 8. The van der Waals surface area contributed by atoms with Gasteiger partial charge in [0.1, 0.15) is 11.3 Å². The molecular weight excluding hydrogens is 484 g/mol. The molecule has 0 atom stereocenters. The van der Waals surface area contributed by atoms with E-state index in [1.54, 1.807) is 4.90 Å². The Kier molecular flexibility index (Phi) is 6.87. The number of nitrogens with two attached hydrogens (primary N) is 1. The molecule has 13 heteroatoms. The Hall–Kier alpha value is -3.87. The molecule has 2 saturated heterocycles. The highest BCUT2D eigenvalue weighted by molar-refractivity contribution is 6.12. The fourth-order valence-electron chi connectivity index (χ4n) is 5.01. The van der Waals surface area contributed by atoms with Gasteiger partial charge in [-0.25, -0.2) is 18.3 Å². The summed E-state index contributed by atoms with van der Waals surface area (Å²) >= 11 is 0. The van der Waals surface area contributed by atoms with Gasteiger partial charge in [-0.1, -0.05) is 0 Å². The average molecular weight is 514 g/mol. The molecule has 3 aromatic heterocycles. The van der Waals surface area contributed by atoms with Gasteiger partial charge in [0.15, 0.2) is 23.1 Å². The number of carbonyl (C=O) groups is 2. The van der Waals surface area contributed by atoms with E-state index in [2.05, 4.69) is 37.6 Å². The van der Waals surface area contributed by atoms with Crippen molar-refractivity contribution in [1.82, 2.24) is 29.8 Å². The van der Waals surface area contributed by atoms with Crippen LogP contribution in [0.25, 0.3) is 5.65 Å². The van der Waals surface area contributed by atoms with E-state index in [1.807, 2.05) is 0 Å². The monoisotopic (exact) mass is 513 g/mol. The normalized spacial score (nSPS) is 17.8. The summed E-state index contributed by atoms with van der Waals surface area (Å²) in [5, 5.41) is 9.76. The molecule has 4 N–H and O–H groups in total. The summed E-state index contributed by atoms with van der Waals surface area (Å²) in [6.45, 7) is 2.81. The SMILES string of the molecule is CN1CCC(NC(=O)C2CCN(c3c(F)cncc3NC(=O)c3c(N)nn4cc(F)cnc34)CC2)CC1. The number of likely N-dealkylation sites (tertiary alicyclic amines) is 1. The van der Waals surface area contributed by atoms with Gasteiger partial charge in [-0.05, 0) is 45.8 Å². The Morgan fingerprint density at radius 3 is 2.51 bits per heavy atom. The van der Waals surface area contributed by atoms with Gasteiger partial charge in [-0.15, -0.1) is 5.10 Å². The molecule has 3 aromatic rings. The van der Waals surface area contributed by atoms with E-state index >= 15 is 0 Å². The number of rotatable bonds is 5. The van der Waals surface area contributed by atoms with E-state index in [0.29, 0.717) is 25.9 Å².